The maximum Gasteiger partial charge on any atom is 0.326 e. The lowest BCUT2D eigenvalue weighted by molar-refractivity contribution is 0.252. The number of rotatable bonds is 7. The number of urea groups is 2. The number of anilines is 3. The number of carbonyl (C=O) groups excluding carboxylic acids is 2. The van der Waals surface area contributed by atoms with Crippen LogP contribution in [-0.4, -0.2) is 25.2 Å². The van der Waals surface area contributed by atoms with Crippen molar-refractivity contribution in [1.29, 1.82) is 0 Å². The van der Waals surface area contributed by atoms with Crippen LogP contribution < -0.4 is 20.9 Å². The van der Waals surface area contributed by atoms with Crippen molar-refractivity contribution in [1.82, 2.24) is 5.32 Å². The van der Waals surface area contributed by atoms with Crippen molar-refractivity contribution in [3.05, 3.63) is 89.7 Å². The molecule has 166 valence electrons. The molecule has 3 N–H and O–H groups in total. The van der Waals surface area contributed by atoms with Gasteiger partial charge in [0.1, 0.15) is 5.82 Å². The van der Waals surface area contributed by atoms with Crippen LogP contribution in [0.4, 0.5) is 31.0 Å². The van der Waals surface area contributed by atoms with Crippen molar-refractivity contribution in [2.45, 2.75) is 20.3 Å². The van der Waals surface area contributed by atoms with E-state index >= 15 is 0 Å². The molecule has 0 unspecified atom stereocenters. The van der Waals surface area contributed by atoms with E-state index in [9.17, 15) is 14.0 Å². The lowest BCUT2D eigenvalue weighted by Crippen LogP contribution is -2.38. The molecule has 3 aromatic carbocycles. The molecule has 7 heteroatoms. The molecule has 0 atom stereocenters. The van der Waals surface area contributed by atoms with Crippen molar-refractivity contribution < 1.29 is 14.0 Å². The third-order valence-electron chi connectivity index (χ3n) is 4.89. The first-order valence-corrected chi connectivity index (χ1v) is 10.4. The van der Waals surface area contributed by atoms with Crippen LogP contribution in [-0.2, 0) is 0 Å². The van der Waals surface area contributed by atoms with Gasteiger partial charge in [-0.05, 0) is 73.9 Å². The monoisotopic (exact) mass is 434 g/mol. The van der Waals surface area contributed by atoms with Gasteiger partial charge in [-0.25, -0.2) is 14.0 Å². The summed E-state index contributed by atoms with van der Waals surface area (Å²) in [5.41, 5.74) is 3.99. The molecule has 0 saturated heterocycles. The van der Waals surface area contributed by atoms with Gasteiger partial charge in [0.05, 0.1) is 0 Å². The normalized spacial score (nSPS) is 10.3. The summed E-state index contributed by atoms with van der Waals surface area (Å²) in [4.78, 5) is 26.6. The van der Waals surface area contributed by atoms with E-state index in [1.54, 1.807) is 12.1 Å². The van der Waals surface area contributed by atoms with Crippen molar-refractivity contribution in [3.8, 4) is 0 Å². The molecule has 32 heavy (non-hydrogen) atoms. The zero-order valence-corrected chi connectivity index (χ0v) is 18.2. The highest BCUT2D eigenvalue weighted by Crippen LogP contribution is 2.18. The van der Waals surface area contributed by atoms with Gasteiger partial charge in [-0.2, -0.15) is 0 Å². The first-order valence-electron chi connectivity index (χ1n) is 10.4. The van der Waals surface area contributed by atoms with Gasteiger partial charge in [-0.1, -0.05) is 30.3 Å². The van der Waals surface area contributed by atoms with Crippen LogP contribution in [0.15, 0.2) is 72.8 Å². The van der Waals surface area contributed by atoms with E-state index in [4.69, 9.17) is 0 Å². The Hall–Kier alpha value is -3.87. The molecular weight excluding hydrogens is 407 g/mol. The molecular formula is C25H27FN4O2. The standard InChI is InChI=1S/C25H27FN4O2/c1-18-7-5-9-21(17-18)28-25(32)30(22-13-11-20(26)12-14-22)16-6-15-27-24(31)29-23-10-4-3-8-19(23)2/h3-5,7-14,17H,6,15-16H2,1-2H3,(H,28,32)(H2,27,29,31). The summed E-state index contributed by atoms with van der Waals surface area (Å²) in [6.07, 6.45) is 0.514. The van der Waals surface area contributed by atoms with E-state index in [0.717, 1.165) is 16.8 Å². The summed E-state index contributed by atoms with van der Waals surface area (Å²) in [5, 5.41) is 8.49. The van der Waals surface area contributed by atoms with Crippen LogP contribution in [0.3, 0.4) is 0 Å². The molecule has 3 aromatic rings. The van der Waals surface area contributed by atoms with Crippen LogP contribution in [0.2, 0.25) is 0 Å². The van der Waals surface area contributed by atoms with Gasteiger partial charge in [0.2, 0.25) is 0 Å². The van der Waals surface area contributed by atoms with Crippen molar-refractivity contribution in [2.75, 3.05) is 28.6 Å². The highest BCUT2D eigenvalue weighted by Gasteiger charge is 2.16. The number of para-hydroxylation sites is 1. The topological polar surface area (TPSA) is 73.5 Å². The van der Waals surface area contributed by atoms with Crippen molar-refractivity contribution in [3.63, 3.8) is 0 Å². The molecule has 6 nitrogen and oxygen atoms in total. The third-order valence-corrected chi connectivity index (χ3v) is 4.89. The van der Waals surface area contributed by atoms with E-state index in [2.05, 4.69) is 16.0 Å². The van der Waals surface area contributed by atoms with E-state index in [1.165, 1.54) is 17.0 Å². The molecule has 0 radical (unpaired) electrons. The molecule has 0 aliphatic rings. The minimum atomic E-state index is -0.373. The van der Waals surface area contributed by atoms with Crippen LogP contribution >= 0.6 is 0 Å². The van der Waals surface area contributed by atoms with Crippen molar-refractivity contribution in [2.24, 2.45) is 0 Å². The Labute approximate surface area is 187 Å². The van der Waals surface area contributed by atoms with Gasteiger partial charge in [0, 0.05) is 30.2 Å². The number of aryl methyl sites for hydroxylation is 2. The summed E-state index contributed by atoms with van der Waals surface area (Å²) in [7, 11) is 0. The first kappa shape index (κ1) is 22.8. The fourth-order valence-electron chi connectivity index (χ4n) is 3.20. The Balaban J connectivity index is 1.59. The molecule has 0 saturated carbocycles. The molecule has 0 aliphatic carbocycles. The maximum atomic E-state index is 13.4. The van der Waals surface area contributed by atoms with E-state index in [0.29, 0.717) is 30.9 Å². The highest BCUT2D eigenvalue weighted by molar-refractivity contribution is 6.01. The van der Waals surface area contributed by atoms with Gasteiger partial charge < -0.3 is 16.0 Å². The van der Waals surface area contributed by atoms with Crippen LogP contribution in [0.5, 0.6) is 0 Å². The summed E-state index contributed by atoms with van der Waals surface area (Å²) in [5.74, 6) is -0.373. The van der Waals surface area contributed by atoms with Gasteiger partial charge in [-0.3, -0.25) is 4.90 Å². The van der Waals surface area contributed by atoms with Gasteiger partial charge in [0.15, 0.2) is 0 Å². The summed E-state index contributed by atoms with van der Waals surface area (Å²) in [6, 6.07) is 20.1. The summed E-state index contributed by atoms with van der Waals surface area (Å²) in [6.45, 7) is 4.57. The molecule has 0 heterocycles. The van der Waals surface area contributed by atoms with E-state index in [-0.39, 0.29) is 17.9 Å². The molecule has 0 aliphatic heterocycles. The fraction of sp³-hybridized carbons (Fsp3) is 0.200. The van der Waals surface area contributed by atoms with Crippen LogP contribution in [0.25, 0.3) is 0 Å². The van der Waals surface area contributed by atoms with E-state index in [1.807, 2.05) is 62.4 Å². The largest absolute Gasteiger partial charge is 0.338 e. The van der Waals surface area contributed by atoms with Crippen molar-refractivity contribution >= 4 is 29.1 Å². The number of benzene rings is 3. The summed E-state index contributed by atoms with van der Waals surface area (Å²) < 4.78 is 13.4. The maximum absolute atomic E-state index is 13.4. The lowest BCUT2D eigenvalue weighted by atomic mass is 10.2. The quantitative estimate of drug-likeness (QED) is 0.418. The number of carbonyl (C=O) groups is 2. The van der Waals surface area contributed by atoms with Gasteiger partial charge in [-0.15, -0.1) is 0 Å². The molecule has 4 amide bonds. The zero-order valence-electron chi connectivity index (χ0n) is 18.2. The third kappa shape index (κ3) is 6.57. The number of hydrogen-bond acceptors (Lipinski definition) is 2. The number of nitrogens with zero attached hydrogens (tertiary/aromatic N) is 1. The zero-order chi connectivity index (χ0) is 22.9. The molecule has 0 fully saturated rings. The highest BCUT2D eigenvalue weighted by atomic mass is 19.1. The lowest BCUT2D eigenvalue weighted by Gasteiger charge is -2.23. The van der Waals surface area contributed by atoms with Crippen LogP contribution in [0.1, 0.15) is 17.5 Å². The second kappa shape index (κ2) is 10.9. The number of hydrogen-bond donors (Lipinski definition) is 3. The summed E-state index contributed by atoms with van der Waals surface area (Å²) >= 11 is 0. The minimum Gasteiger partial charge on any atom is -0.338 e. The smallest absolute Gasteiger partial charge is 0.326 e. The number of nitrogens with one attached hydrogen (secondary N) is 3. The Morgan fingerprint density at radius 3 is 2.38 bits per heavy atom. The minimum absolute atomic E-state index is 0.308. The Morgan fingerprint density at radius 1 is 0.906 bits per heavy atom. The Kier molecular flexibility index (Phi) is 7.80. The average Bonchev–Trinajstić information content (AvgIpc) is 2.76. The Morgan fingerprint density at radius 2 is 1.66 bits per heavy atom. The van der Waals surface area contributed by atoms with E-state index < -0.39 is 0 Å². The Bertz CT molecular complexity index is 1070. The van der Waals surface area contributed by atoms with Crippen LogP contribution in [0, 0.1) is 19.7 Å². The number of halogens is 1. The predicted octanol–water partition coefficient (Wildman–Crippen LogP) is 5.69. The number of amides is 4. The fourth-order valence-corrected chi connectivity index (χ4v) is 3.20. The average molecular weight is 435 g/mol. The molecule has 0 bridgehead atoms. The molecule has 0 aromatic heterocycles. The second-order valence-corrected chi connectivity index (χ2v) is 7.48. The SMILES string of the molecule is Cc1cccc(NC(=O)N(CCCNC(=O)Nc2ccccc2C)c2ccc(F)cc2)c1. The second-order valence-electron chi connectivity index (χ2n) is 7.48. The molecule has 3 rings (SSSR count). The first-order chi connectivity index (χ1) is 15.4. The van der Waals surface area contributed by atoms with Gasteiger partial charge >= 0.3 is 12.1 Å². The van der Waals surface area contributed by atoms with Gasteiger partial charge in [0.25, 0.3) is 0 Å². The molecule has 0 spiro atoms. The predicted molar refractivity (Wildman–Crippen MR) is 127 cm³/mol.